The summed E-state index contributed by atoms with van der Waals surface area (Å²) in [4.78, 5) is 22.5. The van der Waals surface area contributed by atoms with Crippen LogP contribution in [0.4, 0.5) is 0 Å². The molecule has 1 aliphatic carbocycles. The maximum absolute atomic E-state index is 11.5. The van der Waals surface area contributed by atoms with Crippen molar-refractivity contribution in [3.8, 4) is 0 Å². The number of esters is 1. The Hall–Kier alpha value is -0.510. The zero-order chi connectivity index (χ0) is 12.5. The van der Waals surface area contributed by atoms with E-state index in [1.165, 1.54) is 25.7 Å². The summed E-state index contributed by atoms with van der Waals surface area (Å²) in [7, 11) is 0. The highest BCUT2D eigenvalue weighted by Crippen LogP contribution is 2.27. The van der Waals surface area contributed by atoms with Gasteiger partial charge in [0.25, 0.3) is 0 Å². The van der Waals surface area contributed by atoms with Crippen molar-refractivity contribution in [3.63, 3.8) is 0 Å². The fourth-order valence-electron chi connectivity index (χ4n) is 2.06. The van der Waals surface area contributed by atoms with Gasteiger partial charge in [-0.3, -0.25) is 9.59 Å². The lowest BCUT2D eigenvalue weighted by Gasteiger charge is -2.07. The molecule has 0 spiro atoms. The Morgan fingerprint density at radius 1 is 1.24 bits per heavy atom. The molecular formula is C13H22O3S. The molecule has 0 aromatic rings. The van der Waals surface area contributed by atoms with Crippen LogP contribution in [0.5, 0.6) is 0 Å². The standard InChI is InChI=1S/C13H22O3S/c1-2-16-13(15)8-7-12(14)10-17-9-11-5-3-4-6-11/h11H,2-10H2,1H3. The van der Waals surface area contributed by atoms with E-state index in [1.807, 2.05) is 0 Å². The van der Waals surface area contributed by atoms with Crippen LogP contribution in [0.15, 0.2) is 0 Å². The molecule has 0 bridgehead atoms. The van der Waals surface area contributed by atoms with Crippen molar-refractivity contribution in [2.75, 3.05) is 18.1 Å². The minimum atomic E-state index is -0.262. The van der Waals surface area contributed by atoms with Gasteiger partial charge in [0.1, 0.15) is 5.78 Å². The lowest BCUT2D eigenvalue weighted by molar-refractivity contribution is -0.144. The largest absolute Gasteiger partial charge is 0.466 e. The molecule has 0 heterocycles. The molecule has 1 rings (SSSR count). The van der Waals surface area contributed by atoms with Gasteiger partial charge in [-0.05, 0) is 31.4 Å². The number of carbonyl (C=O) groups excluding carboxylic acids is 2. The molecule has 17 heavy (non-hydrogen) atoms. The van der Waals surface area contributed by atoms with Crippen LogP contribution in [0.25, 0.3) is 0 Å². The minimum absolute atomic E-state index is 0.168. The zero-order valence-corrected chi connectivity index (χ0v) is 11.4. The molecule has 0 unspecified atom stereocenters. The van der Waals surface area contributed by atoms with Crippen molar-refractivity contribution in [1.82, 2.24) is 0 Å². The van der Waals surface area contributed by atoms with Crippen LogP contribution in [0.2, 0.25) is 0 Å². The molecule has 4 heteroatoms. The van der Waals surface area contributed by atoms with Crippen LogP contribution in [0.3, 0.4) is 0 Å². The third kappa shape index (κ3) is 6.71. The Labute approximate surface area is 108 Å². The number of carbonyl (C=O) groups is 2. The van der Waals surface area contributed by atoms with Gasteiger partial charge in [0.15, 0.2) is 0 Å². The van der Waals surface area contributed by atoms with E-state index in [2.05, 4.69) is 0 Å². The van der Waals surface area contributed by atoms with Crippen LogP contribution in [0, 0.1) is 5.92 Å². The van der Waals surface area contributed by atoms with Crippen molar-refractivity contribution >= 4 is 23.5 Å². The summed E-state index contributed by atoms with van der Waals surface area (Å²) in [5.74, 6) is 2.38. The van der Waals surface area contributed by atoms with E-state index >= 15 is 0 Å². The van der Waals surface area contributed by atoms with E-state index in [0.29, 0.717) is 18.8 Å². The van der Waals surface area contributed by atoms with E-state index in [4.69, 9.17) is 4.74 Å². The Morgan fingerprint density at radius 3 is 2.59 bits per heavy atom. The summed E-state index contributed by atoms with van der Waals surface area (Å²) in [6.45, 7) is 2.17. The number of ketones is 1. The second-order valence-electron chi connectivity index (χ2n) is 4.51. The second kappa shape index (κ2) is 8.56. The quantitative estimate of drug-likeness (QED) is 0.628. The summed E-state index contributed by atoms with van der Waals surface area (Å²) >= 11 is 1.72. The molecule has 1 aliphatic rings. The van der Waals surface area contributed by atoms with Crippen molar-refractivity contribution in [1.29, 1.82) is 0 Å². The topological polar surface area (TPSA) is 43.4 Å². The van der Waals surface area contributed by atoms with Crippen LogP contribution in [0.1, 0.15) is 45.4 Å². The average molecular weight is 258 g/mol. The first-order valence-electron chi connectivity index (χ1n) is 6.47. The van der Waals surface area contributed by atoms with E-state index < -0.39 is 0 Å². The lowest BCUT2D eigenvalue weighted by atomic mass is 10.1. The Kier molecular flexibility index (Phi) is 7.33. The number of hydrogen-bond donors (Lipinski definition) is 0. The fourth-order valence-corrected chi connectivity index (χ4v) is 3.22. The van der Waals surface area contributed by atoms with Gasteiger partial charge in [0.05, 0.1) is 18.8 Å². The highest BCUT2D eigenvalue weighted by Gasteiger charge is 2.15. The van der Waals surface area contributed by atoms with Crippen molar-refractivity contribution in [3.05, 3.63) is 0 Å². The Balaban J connectivity index is 1.98. The highest BCUT2D eigenvalue weighted by molar-refractivity contribution is 7.99. The summed E-state index contributed by atoms with van der Waals surface area (Å²) in [5.41, 5.74) is 0. The van der Waals surface area contributed by atoms with E-state index in [0.717, 1.165) is 11.7 Å². The molecule has 3 nitrogen and oxygen atoms in total. The van der Waals surface area contributed by atoms with Crippen LogP contribution in [-0.4, -0.2) is 29.9 Å². The molecule has 1 saturated carbocycles. The molecule has 0 aromatic carbocycles. The molecule has 0 atom stereocenters. The normalized spacial score (nSPS) is 16.1. The molecule has 0 aromatic heterocycles. The minimum Gasteiger partial charge on any atom is -0.466 e. The maximum atomic E-state index is 11.5. The van der Waals surface area contributed by atoms with Gasteiger partial charge < -0.3 is 4.74 Å². The smallest absolute Gasteiger partial charge is 0.306 e. The number of thioether (sulfide) groups is 1. The van der Waals surface area contributed by atoms with E-state index in [1.54, 1.807) is 18.7 Å². The molecular weight excluding hydrogens is 236 g/mol. The second-order valence-corrected chi connectivity index (χ2v) is 5.54. The van der Waals surface area contributed by atoms with Crippen LogP contribution < -0.4 is 0 Å². The SMILES string of the molecule is CCOC(=O)CCC(=O)CSCC1CCCC1. The average Bonchev–Trinajstić information content (AvgIpc) is 2.80. The van der Waals surface area contributed by atoms with Gasteiger partial charge in [-0.25, -0.2) is 0 Å². The van der Waals surface area contributed by atoms with Crippen LogP contribution >= 0.6 is 11.8 Å². The molecule has 0 aliphatic heterocycles. The van der Waals surface area contributed by atoms with E-state index in [-0.39, 0.29) is 18.2 Å². The van der Waals surface area contributed by atoms with Gasteiger partial charge in [-0.2, -0.15) is 11.8 Å². The van der Waals surface area contributed by atoms with Crippen molar-refractivity contribution in [2.45, 2.75) is 45.4 Å². The first-order chi connectivity index (χ1) is 8.22. The summed E-state index contributed by atoms with van der Waals surface area (Å²) in [6.07, 6.45) is 5.91. The van der Waals surface area contributed by atoms with Crippen molar-refractivity contribution in [2.24, 2.45) is 5.92 Å². The van der Waals surface area contributed by atoms with Crippen LogP contribution in [-0.2, 0) is 14.3 Å². The monoisotopic (exact) mass is 258 g/mol. The fraction of sp³-hybridized carbons (Fsp3) is 0.846. The number of Topliss-reactive ketones (excluding diaryl/α,β-unsaturated/α-hetero) is 1. The maximum Gasteiger partial charge on any atom is 0.306 e. The summed E-state index contributed by atoms with van der Waals surface area (Å²) < 4.78 is 4.78. The molecule has 0 saturated heterocycles. The summed E-state index contributed by atoms with van der Waals surface area (Å²) in [6, 6.07) is 0. The molecule has 1 fully saturated rings. The third-order valence-electron chi connectivity index (χ3n) is 3.00. The van der Waals surface area contributed by atoms with Gasteiger partial charge >= 0.3 is 5.97 Å². The van der Waals surface area contributed by atoms with Gasteiger partial charge in [0.2, 0.25) is 0 Å². The Bertz CT molecular complexity index is 247. The Morgan fingerprint density at radius 2 is 1.94 bits per heavy atom. The summed E-state index contributed by atoms with van der Waals surface area (Å²) in [5, 5.41) is 0. The molecule has 98 valence electrons. The van der Waals surface area contributed by atoms with Gasteiger partial charge in [0, 0.05) is 6.42 Å². The predicted octanol–water partition coefficient (Wildman–Crippen LogP) is 2.82. The first kappa shape index (κ1) is 14.6. The predicted molar refractivity (Wildman–Crippen MR) is 70.2 cm³/mol. The van der Waals surface area contributed by atoms with Gasteiger partial charge in [-0.15, -0.1) is 0 Å². The first-order valence-corrected chi connectivity index (χ1v) is 7.63. The molecule has 0 N–H and O–H groups in total. The third-order valence-corrected chi connectivity index (χ3v) is 4.24. The van der Waals surface area contributed by atoms with Crippen molar-refractivity contribution < 1.29 is 14.3 Å². The zero-order valence-electron chi connectivity index (χ0n) is 10.6. The number of rotatable bonds is 8. The number of ether oxygens (including phenoxy) is 1. The number of hydrogen-bond acceptors (Lipinski definition) is 4. The lowest BCUT2D eigenvalue weighted by Crippen LogP contribution is -2.10. The molecule has 0 amide bonds. The molecule has 0 radical (unpaired) electrons. The highest BCUT2D eigenvalue weighted by atomic mass is 32.2. The van der Waals surface area contributed by atoms with Gasteiger partial charge in [-0.1, -0.05) is 12.8 Å². The van der Waals surface area contributed by atoms with E-state index in [9.17, 15) is 9.59 Å².